The van der Waals surface area contributed by atoms with E-state index in [0.29, 0.717) is 42.4 Å². The number of hydrogen-bond donors (Lipinski definition) is 0. The van der Waals surface area contributed by atoms with Gasteiger partial charge in [-0.1, -0.05) is 48.5 Å². The van der Waals surface area contributed by atoms with Crippen molar-refractivity contribution in [3.8, 4) is 46.0 Å². The molecule has 14 heteroatoms. The molecule has 6 heterocycles. The average Bonchev–Trinajstić information content (AvgIpc) is 4.05. The number of nitrogens with zero attached hydrogens (tertiary/aromatic N) is 2. The van der Waals surface area contributed by atoms with Gasteiger partial charge in [-0.2, -0.15) is 0 Å². The van der Waals surface area contributed by atoms with Crippen molar-refractivity contribution in [1.29, 1.82) is 0 Å². The summed E-state index contributed by atoms with van der Waals surface area (Å²) >= 11 is 1.81. The predicted molar refractivity (Wildman–Crippen MR) is 259 cm³/mol. The van der Waals surface area contributed by atoms with Crippen LogP contribution in [-0.2, 0) is 48.6 Å². The van der Waals surface area contributed by atoms with Crippen LogP contribution in [0.1, 0.15) is 56.6 Å². The molecular formula is C54H54N2O10S2. The SMILES string of the molecule is COc1ccc2c(c1OCCS(=O)(=O)c1ccccc1)CN1CCc3cc4c(cc3C1C2)OCO4.COc1ccc2c(c1OCCSc1ccccc1)CN1CCc3cc4c(cc3C1C2)OCO4. The molecule has 2 unspecified atom stereocenters. The van der Waals surface area contributed by atoms with Crippen molar-refractivity contribution in [3.05, 3.63) is 154 Å². The molecule has 2 atom stereocenters. The summed E-state index contributed by atoms with van der Waals surface area (Å²) in [6.45, 7) is 4.82. The maximum Gasteiger partial charge on any atom is 0.231 e. The van der Waals surface area contributed by atoms with Gasteiger partial charge in [0.15, 0.2) is 55.8 Å². The van der Waals surface area contributed by atoms with Crippen LogP contribution in [0.5, 0.6) is 46.0 Å². The maximum atomic E-state index is 12.7. The van der Waals surface area contributed by atoms with Crippen molar-refractivity contribution in [2.45, 2.75) is 60.6 Å². The molecule has 68 heavy (non-hydrogen) atoms. The second kappa shape index (κ2) is 19.1. The Morgan fingerprint density at radius 2 is 1.07 bits per heavy atom. The molecule has 6 aliphatic rings. The summed E-state index contributed by atoms with van der Waals surface area (Å²) in [5.74, 6) is 7.18. The van der Waals surface area contributed by atoms with E-state index in [2.05, 4.69) is 76.5 Å². The number of fused-ring (bicyclic) bond motifs is 10. The number of ether oxygens (including phenoxy) is 8. The first-order valence-corrected chi connectivity index (χ1v) is 25.9. The van der Waals surface area contributed by atoms with Crippen LogP contribution in [0.4, 0.5) is 0 Å². The van der Waals surface area contributed by atoms with Gasteiger partial charge in [-0.05, 0) is 120 Å². The summed E-state index contributed by atoms with van der Waals surface area (Å²) in [5, 5.41) is 0. The van der Waals surface area contributed by atoms with Crippen molar-refractivity contribution in [2.75, 3.05) is 65.6 Å². The van der Waals surface area contributed by atoms with Gasteiger partial charge in [0.05, 0.1) is 31.5 Å². The summed E-state index contributed by atoms with van der Waals surface area (Å²) in [7, 11) is -0.0944. The van der Waals surface area contributed by atoms with Crippen molar-refractivity contribution < 1.29 is 46.3 Å². The Bertz CT molecular complexity index is 2930. The zero-order valence-electron chi connectivity index (χ0n) is 38.2. The molecule has 6 aromatic carbocycles. The molecule has 0 aliphatic carbocycles. The first-order chi connectivity index (χ1) is 33.3. The zero-order chi connectivity index (χ0) is 46.2. The number of hydrogen-bond acceptors (Lipinski definition) is 13. The molecule has 0 bridgehead atoms. The highest BCUT2D eigenvalue weighted by Gasteiger charge is 2.37. The van der Waals surface area contributed by atoms with Gasteiger partial charge in [0, 0.05) is 60.0 Å². The number of sulfone groups is 1. The van der Waals surface area contributed by atoms with Gasteiger partial charge in [-0.15, -0.1) is 11.8 Å². The van der Waals surface area contributed by atoms with Crippen LogP contribution in [0, 0.1) is 0 Å². The number of methoxy groups -OCH3 is 2. The number of thioether (sulfide) groups is 1. The van der Waals surface area contributed by atoms with E-state index in [1.54, 1.807) is 44.6 Å². The third kappa shape index (κ3) is 8.79. The molecule has 0 radical (unpaired) electrons. The lowest BCUT2D eigenvalue weighted by Crippen LogP contribution is -2.39. The average molecular weight is 955 g/mol. The van der Waals surface area contributed by atoms with Gasteiger partial charge in [-0.25, -0.2) is 8.42 Å². The highest BCUT2D eigenvalue weighted by atomic mass is 32.2. The summed E-state index contributed by atoms with van der Waals surface area (Å²) in [5.41, 5.74) is 10.2. The van der Waals surface area contributed by atoms with Gasteiger partial charge >= 0.3 is 0 Å². The first kappa shape index (κ1) is 44.4. The minimum atomic E-state index is -3.43. The molecule has 0 fully saturated rings. The monoisotopic (exact) mass is 954 g/mol. The molecule has 0 saturated carbocycles. The molecule has 0 aromatic heterocycles. The summed E-state index contributed by atoms with van der Waals surface area (Å²) < 4.78 is 71.7. The lowest BCUT2D eigenvalue weighted by atomic mass is 9.83. The molecule has 0 amide bonds. The van der Waals surface area contributed by atoms with Crippen molar-refractivity contribution in [1.82, 2.24) is 9.80 Å². The van der Waals surface area contributed by atoms with Gasteiger partial charge < -0.3 is 37.9 Å². The summed E-state index contributed by atoms with van der Waals surface area (Å²) in [4.78, 5) is 6.60. The van der Waals surface area contributed by atoms with Gasteiger partial charge in [0.2, 0.25) is 13.6 Å². The van der Waals surface area contributed by atoms with Crippen LogP contribution in [0.15, 0.2) is 119 Å². The highest BCUT2D eigenvalue weighted by Crippen LogP contribution is 2.49. The van der Waals surface area contributed by atoms with E-state index >= 15 is 0 Å². The molecule has 6 aliphatic heterocycles. The molecule has 352 valence electrons. The minimum absolute atomic E-state index is 0.0553. The Kier molecular flexibility index (Phi) is 12.5. The van der Waals surface area contributed by atoms with Gasteiger partial charge in [0.1, 0.15) is 6.61 Å². The van der Waals surface area contributed by atoms with Gasteiger partial charge in [-0.3, -0.25) is 9.80 Å². The first-order valence-electron chi connectivity index (χ1n) is 23.2. The minimum Gasteiger partial charge on any atom is -0.493 e. The van der Waals surface area contributed by atoms with Crippen LogP contribution in [0.2, 0.25) is 0 Å². The van der Waals surface area contributed by atoms with Gasteiger partial charge in [0.25, 0.3) is 0 Å². The van der Waals surface area contributed by atoms with E-state index in [1.165, 1.54) is 43.8 Å². The Hall–Kier alpha value is -6.06. The van der Waals surface area contributed by atoms with E-state index in [1.807, 2.05) is 23.9 Å². The number of rotatable bonds is 12. The fourth-order valence-corrected chi connectivity index (χ4v) is 12.3. The Balaban J connectivity index is 0.000000149. The van der Waals surface area contributed by atoms with E-state index in [9.17, 15) is 8.42 Å². The Morgan fingerprint density at radius 1 is 0.588 bits per heavy atom. The largest absolute Gasteiger partial charge is 0.493 e. The second-order valence-electron chi connectivity index (χ2n) is 17.6. The van der Waals surface area contributed by atoms with Crippen LogP contribution < -0.4 is 37.9 Å². The topological polar surface area (TPSA) is 114 Å². The van der Waals surface area contributed by atoms with Crippen LogP contribution in [0.25, 0.3) is 0 Å². The van der Waals surface area contributed by atoms with Crippen LogP contribution in [0.3, 0.4) is 0 Å². The lowest BCUT2D eigenvalue weighted by molar-refractivity contribution is 0.156. The molecule has 12 rings (SSSR count). The quantitative estimate of drug-likeness (QED) is 0.0859. The molecule has 0 N–H and O–H groups in total. The fourth-order valence-electron chi connectivity index (χ4n) is 10.4. The third-order valence-electron chi connectivity index (χ3n) is 13.9. The normalized spacial score (nSPS) is 18.3. The molecular weight excluding hydrogens is 901 g/mol. The maximum absolute atomic E-state index is 12.7. The van der Waals surface area contributed by atoms with Crippen LogP contribution in [-0.4, -0.2) is 83.8 Å². The van der Waals surface area contributed by atoms with E-state index in [4.69, 9.17) is 37.9 Å². The third-order valence-corrected chi connectivity index (χ3v) is 16.5. The van der Waals surface area contributed by atoms with Crippen LogP contribution >= 0.6 is 11.8 Å². The predicted octanol–water partition coefficient (Wildman–Crippen LogP) is 9.18. The van der Waals surface area contributed by atoms with Crippen molar-refractivity contribution in [2.24, 2.45) is 0 Å². The lowest BCUT2D eigenvalue weighted by Gasteiger charge is -2.42. The number of benzene rings is 6. The van der Waals surface area contributed by atoms with E-state index in [-0.39, 0.29) is 25.2 Å². The second-order valence-corrected chi connectivity index (χ2v) is 20.9. The molecule has 6 aromatic rings. The smallest absolute Gasteiger partial charge is 0.231 e. The van der Waals surface area contributed by atoms with Crippen molar-refractivity contribution >= 4 is 21.6 Å². The summed E-state index contributed by atoms with van der Waals surface area (Å²) in [6, 6.07) is 36.4. The Morgan fingerprint density at radius 3 is 1.59 bits per heavy atom. The van der Waals surface area contributed by atoms with Crippen molar-refractivity contribution in [3.63, 3.8) is 0 Å². The molecule has 0 spiro atoms. The molecule has 0 saturated heterocycles. The van der Waals surface area contributed by atoms with E-state index in [0.717, 1.165) is 91.1 Å². The summed E-state index contributed by atoms with van der Waals surface area (Å²) in [6.07, 6.45) is 3.75. The Labute approximate surface area is 401 Å². The zero-order valence-corrected chi connectivity index (χ0v) is 39.9. The molecule has 12 nitrogen and oxygen atoms in total. The fraction of sp³-hybridized carbons (Fsp3) is 0.333. The van der Waals surface area contributed by atoms with E-state index < -0.39 is 9.84 Å². The standard InChI is InChI=1S/C27H27NO6S.C27H27NO4S/c1-31-24-8-7-18-13-23-21-15-26-25(33-17-34-26)14-19(21)9-10-28(23)16-22(18)27(24)32-11-12-35(29,30)20-5-3-2-4-6-20;1-29-24-8-7-18-13-23-21-15-26-25(31-17-32-26)14-19(21)9-10-28(23)16-22(18)27(24)30-11-12-33-20-5-3-2-4-6-20/h2-8,14-15,23H,9-13,16-17H2,1H3;2-8,14-15,23H,9-13,16-17H2,1H3. The highest BCUT2D eigenvalue weighted by molar-refractivity contribution is 7.99.